The first kappa shape index (κ1) is 25.0. The van der Waals surface area contributed by atoms with Crippen molar-refractivity contribution in [2.45, 2.75) is 17.6 Å². The van der Waals surface area contributed by atoms with Crippen LogP contribution >= 0.6 is 11.8 Å². The molecule has 6 nitrogen and oxygen atoms in total. The van der Waals surface area contributed by atoms with Gasteiger partial charge in [-0.15, -0.1) is 11.8 Å². The van der Waals surface area contributed by atoms with Crippen molar-refractivity contribution >= 4 is 29.3 Å². The number of carbonyl (C=O) groups excluding carboxylic acids is 2. The highest BCUT2D eigenvalue weighted by atomic mass is 32.2. The van der Waals surface area contributed by atoms with E-state index < -0.39 is 16.6 Å². The Bertz CT molecular complexity index is 1380. The van der Waals surface area contributed by atoms with Crippen LogP contribution in [0.2, 0.25) is 0 Å². The van der Waals surface area contributed by atoms with Crippen LogP contribution in [-0.2, 0) is 22.4 Å². The molecule has 0 aliphatic carbocycles. The molecule has 37 heavy (non-hydrogen) atoms. The Kier molecular flexibility index (Phi) is 6.31. The first-order valence-corrected chi connectivity index (χ1v) is 12.4. The number of benzene rings is 3. The van der Waals surface area contributed by atoms with Crippen molar-refractivity contribution in [3.05, 3.63) is 89.0 Å². The number of anilines is 1. The summed E-state index contributed by atoms with van der Waals surface area (Å²) in [6, 6.07) is 16.8. The Morgan fingerprint density at radius 2 is 1.73 bits per heavy atom. The van der Waals surface area contributed by atoms with Gasteiger partial charge < -0.3 is 19.3 Å². The molecular weight excluding hydrogens is 505 g/mol. The zero-order valence-electron chi connectivity index (χ0n) is 20.0. The highest BCUT2D eigenvalue weighted by molar-refractivity contribution is 8.01. The van der Waals surface area contributed by atoms with E-state index in [0.29, 0.717) is 46.2 Å². The molecule has 3 aromatic carbocycles. The number of methoxy groups -OCH3 is 2. The van der Waals surface area contributed by atoms with Crippen LogP contribution in [0, 0.1) is 0 Å². The van der Waals surface area contributed by atoms with Gasteiger partial charge in [-0.3, -0.25) is 9.59 Å². The highest BCUT2D eigenvalue weighted by Gasteiger charge is 2.59. The molecule has 0 bridgehead atoms. The summed E-state index contributed by atoms with van der Waals surface area (Å²) in [7, 11) is 3.01. The van der Waals surface area contributed by atoms with Gasteiger partial charge in [-0.25, -0.2) is 0 Å². The second kappa shape index (κ2) is 9.33. The molecule has 0 radical (unpaired) electrons. The number of rotatable bonds is 5. The van der Waals surface area contributed by atoms with Crippen LogP contribution in [0.3, 0.4) is 0 Å². The molecule has 1 saturated heterocycles. The van der Waals surface area contributed by atoms with Crippen LogP contribution < -0.4 is 14.4 Å². The Labute approximate surface area is 216 Å². The lowest BCUT2D eigenvalue weighted by Gasteiger charge is -2.33. The second-order valence-electron chi connectivity index (χ2n) is 8.65. The first-order chi connectivity index (χ1) is 17.7. The number of fused-ring (bicyclic) bond motifs is 2. The molecule has 10 heteroatoms. The molecule has 2 aliphatic heterocycles. The third-order valence-corrected chi connectivity index (χ3v) is 7.98. The number of hydrogen-bond donors (Lipinski definition) is 0. The van der Waals surface area contributed by atoms with E-state index >= 15 is 0 Å². The van der Waals surface area contributed by atoms with Crippen molar-refractivity contribution < 1.29 is 32.2 Å². The smallest absolute Gasteiger partial charge is 0.416 e. The van der Waals surface area contributed by atoms with E-state index in [1.54, 1.807) is 53.4 Å². The lowest BCUT2D eigenvalue weighted by Crippen LogP contribution is -2.50. The lowest BCUT2D eigenvalue weighted by atomic mass is 10.0. The number of amides is 2. The summed E-state index contributed by atoms with van der Waals surface area (Å²) >= 11 is 1.33. The molecule has 1 spiro atoms. The van der Waals surface area contributed by atoms with Crippen LogP contribution in [0.1, 0.15) is 27.0 Å². The number of alkyl halides is 3. The van der Waals surface area contributed by atoms with Crippen molar-refractivity contribution in [2.24, 2.45) is 0 Å². The minimum Gasteiger partial charge on any atom is -0.497 e. The largest absolute Gasteiger partial charge is 0.497 e. The lowest BCUT2D eigenvalue weighted by molar-refractivity contribution is -0.137. The fourth-order valence-corrected chi connectivity index (χ4v) is 6.27. The summed E-state index contributed by atoms with van der Waals surface area (Å²) in [4.78, 5) is 29.5. The highest BCUT2D eigenvalue weighted by Crippen LogP contribution is 2.55. The molecule has 1 fully saturated rings. The van der Waals surface area contributed by atoms with Gasteiger partial charge >= 0.3 is 6.18 Å². The fraction of sp³-hybridized carbons (Fsp3) is 0.259. The Balaban J connectivity index is 1.58. The molecule has 0 aromatic heterocycles. The molecular formula is C27H23F3N2O4S. The number of thioether (sulfide) groups is 1. The SMILES string of the molecule is COc1cccc(C(=O)N2CCS[C@]23C(=O)N(Cc2cccc(C(F)(F)F)c2)c2ccc(OC)cc23)c1. The van der Waals surface area contributed by atoms with Gasteiger partial charge in [-0.2, -0.15) is 13.2 Å². The molecule has 5 rings (SSSR count). The van der Waals surface area contributed by atoms with E-state index in [9.17, 15) is 22.8 Å². The maximum Gasteiger partial charge on any atom is 0.416 e. The van der Waals surface area contributed by atoms with Crippen LogP contribution in [0.4, 0.5) is 18.9 Å². The first-order valence-electron chi connectivity index (χ1n) is 11.5. The van der Waals surface area contributed by atoms with Crippen LogP contribution in [0.15, 0.2) is 66.7 Å². The molecule has 1 atom stereocenters. The van der Waals surface area contributed by atoms with Crippen molar-refractivity contribution in [1.82, 2.24) is 4.90 Å². The molecule has 2 amide bonds. The predicted molar refractivity (Wildman–Crippen MR) is 134 cm³/mol. The minimum atomic E-state index is -4.50. The van der Waals surface area contributed by atoms with Gasteiger partial charge in [0.1, 0.15) is 11.5 Å². The van der Waals surface area contributed by atoms with Gasteiger partial charge in [0, 0.05) is 23.4 Å². The summed E-state index contributed by atoms with van der Waals surface area (Å²) in [5.41, 5.74) is 1.01. The third-order valence-electron chi connectivity index (χ3n) is 6.56. The van der Waals surface area contributed by atoms with Crippen LogP contribution in [0.25, 0.3) is 0 Å². The molecule has 2 heterocycles. The number of ether oxygens (including phenoxy) is 2. The van der Waals surface area contributed by atoms with E-state index in [1.807, 2.05) is 0 Å². The molecule has 0 saturated carbocycles. The summed E-state index contributed by atoms with van der Waals surface area (Å²) in [6.45, 7) is 0.242. The van der Waals surface area contributed by atoms with E-state index in [-0.39, 0.29) is 18.4 Å². The number of carbonyl (C=O) groups is 2. The maximum atomic E-state index is 14.2. The molecule has 3 aromatic rings. The van der Waals surface area contributed by atoms with Gasteiger partial charge in [0.2, 0.25) is 0 Å². The predicted octanol–water partition coefficient (Wildman–Crippen LogP) is 5.31. The van der Waals surface area contributed by atoms with Gasteiger partial charge in [0.05, 0.1) is 32.0 Å². The number of nitrogens with zero attached hydrogens (tertiary/aromatic N) is 2. The van der Waals surface area contributed by atoms with E-state index in [4.69, 9.17) is 9.47 Å². The molecule has 192 valence electrons. The topological polar surface area (TPSA) is 59.1 Å². The zero-order chi connectivity index (χ0) is 26.4. The summed E-state index contributed by atoms with van der Waals surface area (Å²) in [6.07, 6.45) is -4.50. The minimum absolute atomic E-state index is 0.0778. The number of hydrogen-bond acceptors (Lipinski definition) is 5. The van der Waals surface area contributed by atoms with Crippen LogP contribution in [-0.4, -0.2) is 43.2 Å². The van der Waals surface area contributed by atoms with Gasteiger partial charge in [-0.05, 0) is 54.1 Å². The second-order valence-corrected chi connectivity index (χ2v) is 9.94. The number of halogens is 3. The Morgan fingerprint density at radius 3 is 2.46 bits per heavy atom. The standard InChI is InChI=1S/C27H23F3N2O4S/c1-35-20-8-4-6-18(14-20)24(33)32-11-12-37-26(32)22-15-21(36-2)9-10-23(22)31(25(26)34)16-17-5-3-7-19(13-17)27(28,29)30/h3-10,13-15H,11-12,16H2,1-2H3/t26-/m1/s1. The molecule has 0 N–H and O–H groups in total. The average Bonchev–Trinajstić information content (AvgIpc) is 3.44. The Morgan fingerprint density at radius 1 is 1.00 bits per heavy atom. The maximum absolute atomic E-state index is 14.2. The Hall–Kier alpha value is -3.66. The average molecular weight is 529 g/mol. The van der Waals surface area contributed by atoms with Crippen LogP contribution in [0.5, 0.6) is 11.5 Å². The van der Waals surface area contributed by atoms with E-state index in [1.165, 1.54) is 36.9 Å². The van der Waals surface area contributed by atoms with Gasteiger partial charge in [-0.1, -0.05) is 18.2 Å². The third kappa shape index (κ3) is 4.19. The normalized spacial score (nSPS) is 18.9. The molecule has 2 aliphatic rings. The van der Waals surface area contributed by atoms with Crippen molar-refractivity contribution in [2.75, 3.05) is 31.4 Å². The monoisotopic (exact) mass is 528 g/mol. The van der Waals surface area contributed by atoms with Gasteiger partial charge in [0.15, 0.2) is 4.87 Å². The summed E-state index contributed by atoms with van der Waals surface area (Å²) in [5, 5.41) is 0. The summed E-state index contributed by atoms with van der Waals surface area (Å²) < 4.78 is 50.6. The molecule has 0 unspecified atom stereocenters. The summed E-state index contributed by atoms with van der Waals surface area (Å²) in [5.74, 6) is 0.805. The zero-order valence-corrected chi connectivity index (χ0v) is 20.9. The van der Waals surface area contributed by atoms with Gasteiger partial charge in [0.25, 0.3) is 11.8 Å². The fourth-order valence-electron chi connectivity index (χ4n) is 4.82. The van der Waals surface area contributed by atoms with E-state index in [2.05, 4.69) is 0 Å². The van der Waals surface area contributed by atoms with Crippen molar-refractivity contribution in [3.8, 4) is 11.5 Å². The van der Waals surface area contributed by atoms with Crippen molar-refractivity contribution in [1.29, 1.82) is 0 Å². The van der Waals surface area contributed by atoms with E-state index in [0.717, 1.165) is 12.1 Å². The quantitative estimate of drug-likeness (QED) is 0.449. The van der Waals surface area contributed by atoms with Crippen molar-refractivity contribution in [3.63, 3.8) is 0 Å².